The molecule has 0 aromatic heterocycles. The number of likely N-dealkylation sites (N-methyl/N-ethyl adjacent to an activating group) is 1. The number of hydrogen-bond donors (Lipinski definition) is 0. The fourth-order valence-corrected chi connectivity index (χ4v) is 1.30. The van der Waals surface area contributed by atoms with Gasteiger partial charge in [0, 0.05) is 25.6 Å². The third kappa shape index (κ3) is 8.54. The molecule has 0 aromatic rings. The van der Waals surface area contributed by atoms with Gasteiger partial charge in [0.15, 0.2) is 0 Å². The second-order valence-electron chi connectivity index (χ2n) is 3.59. The minimum Gasteiger partial charge on any atom is -0.380 e. The Morgan fingerprint density at radius 3 is 2.46 bits per heavy atom. The predicted molar refractivity (Wildman–Crippen MR) is 58.5 cm³/mol. The van der Waals surface area contributed by atoms with Crippen molar-refractivity contribution < 1.29 is 4.74 Å². The maximum atomic E-state index is 5.66. The smallest absolute Gasteiger partial charge is 0.0593 e. The number of ether oxygens (including phenoxy) is 1. The molecule has 0 aromatic carbocycles. The first kappa shape index (κ1) is 13.2. The molecule has 13 heavy (non-hydrogen) atoms. The summed E-state index contributed by atoms with van der Waals surface area (Å²) in [6.07, 6.45) is 0. The summed E-state index contributed by atoms with van der Waals surface area (Å²) in [5.74, 6) is 1.33. The van der Waals surface area contributed by atoms with Gasteiger partial charge in [-0.1, -0.05) is 20.8 Å². The van der Waals surface area contributed by atoms with Crippen LogP contribution >= 0.6 is 11.6 Å². The Kier molecular flexibility index (Phi) is 8.93. The Morgan fingerprint density at radius 1 is 1.31 bits per heavy atom. The molecule has 0 aliphatic carbocycles. The van der Waals surface area contributed by atoms with E-state index in [-0.39, 0.29) is 0 Å². The molecule has 80 valence electrons. The summed E-state index contributed by atoms with van der Waals surface area (Å²) in [5, 5.41) is 0. The summed E-state index contributed by atoms with van der Waals surface area (Å²) < 4.78 is 5.49. The van der Waals surface area contributed by atoms with Crippen molar-refractivity contribution in [2.75, 3.05) is 38.7 Å². The molecule has 0 atom stereocenters. The van der Waals surface area contributed by atoms with Gasteiger partial charge >= 0.3 is 0 Å². The van der Waals surface area contributed by atoms with Gasteiger partial charge in [0.2, 0.25) is 0 Å². The molecular formula is C10H22ClNO. The number of halogens is 1. The molecule has 0 aliphatic heterocycles. The molecule has 2 nitrogen and oxygen atoms in total. The van der Waals surface area contributed by atoms with Gasteiger partial charge in [-0.25, -0.2) is 0 Å². The van der Waals surface area contributed by atoms with Crippen molar-refractivity contribution in [1.82, 2.24) is 4.90 Å². The van der Waals surface area contributed by atoms with E-state index in [1.807, 2.05) is 0 Å². The van der Waals surface area contributed by atoms with Crippen LogP contribution in [0.1, 0.15) is 20.8 Å². The second-order valence-corrected chi connectivity index (χ2v) is 3.97. The minimum atomic E-state index is 0.628. The fourth-order valence-electron chi connectivity index (χ4n) is 1.06. The third-order valence-electron chi connectivity index (χ3n) is 1.85. The summed E-state index contributed by atoms with van der Waals surface area (Å²) in [7, 11) is 0. The molecule has 0 N–H and O–H groups in total. The highest BCUT2D eigenvalue weighted by Gasteiger charge is 2.00. The molecular weight excluding hydrogens is 186 g/mol. The quantitative estimate of drug-likeness (QED) is 0.447. The minimum absolute atomic E-state index is 0.628. The van der Waals surface area contributed by atoms with Crippen molar-refractivity contribution in [1.29, 1.82) is 0 Å². The average molecular weight is 208 g/mol. The van der Waals surface area contributed by atoms with E-state index in [2.05, 4.69) is 25.7 Å². The van der Waals surface area contributed by atoms with Crippen molar-refractivity contribution in [3.63, 3.8) is 0 Å². The normalized spacial score (nSPS) is 11.5. The summed E-state index contributed by atoms with van der Waals surface area (Å²) >= 11 is 5.66. The van der Waals surface area contributed by atoms with Crippen molar-refractivity contribution in [2.45, 2.75) is 20.8 Å². The molecule has 0 unspecified atom stereocenters. The molecule has 0 aliphatic rings. The van der Waals surface area contributed by atoms with Crippen LogP contribution in [-0.2, 0) is 4.74 Å². The molecule has 0 rings (SSSR count). The molecule has 0 saturated heterocycles. The van der Waals surface area contributed by atoms with Gasteiger partial charge < -0.3 is 9.64 Å². The number of alkyl halides is 1. The first-order chi connectivity index (χ1) is 6.20. The summed E-state index contributed by atoms with van der Waals surface area (Å²) in [4.78, 5) is 2.30. The maximum absolute atomic E-state index is 5.66. The van der Waals surface area contributed by atoms with Crippen molar-refractivity contribution in [2.24, 2.45) is 5.92 Å². The molecule has 0 bridgehead atoms. The Hall–Kier alpha value is 0.210. The zero-order valence-corrected chi connectivity index (χ0v) is 9.81. The van der Waals surface area contributed by atoms with Crippen LogP contribution < -0.4 is 0 Å². The Labute approximate surface area is 87.2 Å². The monoisotopic (exact) mass is 207 g/mol. The van der Waals surface area contributed by atoms with E-state index in [9.17, 15) is 0 Å². The summed E-state index contributed by atoms with van der Waals surface area (Å²) in [5.41, 5.74) is 0. The average Bonchev–Trinajstić information content (AvgIpc) is 2.10. The fraction of sp³-hybridized carbons (Fsp3) is 1.00. The van der Waals surface area contributed by atoms with Gasteiger partial charge in [0.05, 0.1) is 6.61 Å². The number of nitrogens with zero attached hydrogens (tertiary/aromatic N) is 1. The van der Waals surface area contributed by atoms with Crippen LogP contribution in [0, 0.1) is 5.92 Å². The van der Waals surface area contributed by atoms with E-state index in [0.717, 1.165) is 32.8 Å². The Balaban J connectivity index is 3.27. The van der Waals surface area contributed by atoms with Crippen molar-refractivity contribution in [3.05, 3.63) is 0 Å². The largest absolute Gasteiger partial charge is 0.380 e. The van der Waals surface area contributed by atoms with Gasteiger partial charge in [-0.3, -0.25) is 0 Å². The zero-order chi connectivity index (χ0) is 10.1. The van der Waals surface area contributed by atoms with Gasteiger partial charge in [-0.15, -0.1) is 11.6 Å². The lowest BCUT2D eigenvalue weighted by Crippen LogP contribution is -2.29. The zero-order valence-electron chi connectivity index (χ0n) is 9.05. The lowest BCUT2D eigenvalue weighted by atomic mass is 10.2. The lowest BCUT2D eigenvalue weighted by Gasteiger charge is -2.18. The highest BCUT2D eigenvalue weighted by Crippen LogP contribution is 1.94. The van der Waals surface area contributed by atoms with Crippen molar-refractivity contribution >= 4 is 11.6 Å². The standard InChI is InChI=1S/C10H22ClNO/c1-4-12(6-5-11)7-8-13-9-10(2)3/h10H,4-9H2,1-3H3. The van der Waals surface area contributed by atoms with Gasteiger partial charge in [0.1, 0.15) is 0 Å². The van der Waals surface area contributed by atoms with Gasteiger partial charge in [-0.05, 0) is 12.5 Å². The SMILES string of the molecule is CCN(CCCl)CCOCC(C)C. The lowest BCUT2D eigenvalue weighted by molar-refractivity contribution is 0.0882. The maximum Gasteiger partial charge on any atom is 0.0593 e. The molecule has 0 radical (unpaired) electrons. The highest BCUT2D eigenvalue weighted by molar-refractivity contribution is 6.18. The molecule has 0 fully saturated rings. The van der Waals surface area contributed by atoms with Gasteiger partial charge in [0.25, 0.3) is 0 Å². The van der Waals surface area contributed by atoms with E-state index in [4.69, 9.17) is 16.3 Å². The molecule has 0 spiro atoms. The predicted octanol–water partition coefficient (Wildman–Crippen LogP) is 2.22. The van der Waals surface area contributed by atoms with Crippen LogP contribution in [-0.4, -0.2) is 43.6 Å². The van der Waals surface area contributed by atoms with E-state index in [1.54, 1.807) is 0 Å². The number of hydrogen-bond acceptors (Lipinski definition) is 2. The third-order valence-corrected chi connectivity index (χ3v) is 2.02. The highest BCUT2D eigenvalue weighted by atomic mass is 35.5. The molecule has 0 saturated carbocycles. The van der Waals surface area contributed by atoms with Crippen LogP contribution in [0.25, 0.3) is 0 Å². The van der Waals surface area contributed by atoms with Crippen LogP contribution in [0.2, 0.25) is 0 Å². The number of rotatable bonds is 8. The van der Waals surface area contributed by atoms with E-state index in [0.29, 0.717) is 11.8 Å². The summed E-state index contributed by atoms with van der Waals surface area (Å²) in [6.45, 7) is 11.2. The topological polar surface area (TPSA) is 12.5 Å². The Morgan fingerprint density at radius 2 is 2.00 bits per heavy atom. The van der Waals surface area contributed by atoms with Gasteiger partial charge in [-0.2, -0.15) is 0 Å². The van der Waals surface area contributed by atoms with Crippen molar-refractivity contribution in [3.8, 4) is 0 Å². The first-order valence-electron chi connectivity index (χ1n) is 5.06. The second kappa shape index (κ2) is 8.79. The van der Waals surface area contributed by atoms with E-state index in [1.165, 1.54) is 0 Å². The van der Waals surface area contributed by atoms with E-state index >= 15 is 0 Å². The molecule has 0 amide bonds. The summed E-state index contributed by atoms with van der Waals surface area (Å²) in [6, 6.07) is 0. The van der Waals surface area contributed by atoms with Crippen LogP contribution in [0.3, 0.4) is 0 Å². The first-order valence-corrected chi connectivity index (χ1v) is 5.60. The van der Waals surface area contributed by atoms with E-state index < -0.39 is 0 Å². The molecule has 0 heterocycles. The van der Waals surface area contributed by atoms with Crippen LogP contribution in [0.5, 0.6) is 0 Å². The Bertz CT molecular complexity index is 109. The molecule has 3 heteroatoms. The van der Waals surface area contributed by atoms with Crippen LogP contribution in [0.15, 0.2) is 0 Å². The van der Waals surface area contributed by atoms with Crippen LogP contribution in [0.4, 0.5) is 0 Å².